The Balaban J connectivity index is 1.74. The molecule has 0 saturated carbocycles. The lowest BCUT2D eigenvalue weighted by atomic mass is 10.1. The molecule has 0 saturated heterocycles. The first-order valence-electron chi connectivity index (χ1n) is 9.31. The van der Waals surface area contributed by atoms with Crippen molar-refractivity contribution in [3.8, 4) is 17.1 Å². The first-order chi connectivity index (χ1) is 14.4. The summed E-state index contributed by atoms with van der Waals surface area (Å²) in [6.07, 6.45) is 1.79. The molecule has 2 aromatic carbocycles. The molecular formula is C22H23IN4O2S. The normalized spacial score (nSPS) is 10.7. The third kappa shape index (κ3) is 5.23. The zero-order valence-corrected chi connectivity index (χ0v) is 20.1. The number of rotatable bonds is 8. The molecule has 0 spiro atoms. The Kier molecular flexibility index (Phi) is 7.54. The van der Waals surface area contributed by atoms with E-state index in [1.54, 1.807) is 13.2 Å². The SMILES string of the molecule is C=CCn1c(SCC(=O)Nc2c(C)cc(I)cc2C)nnc1-c1ccc(OC)cc1. The van der Waals surface area contributed by atoms with Gasteiger partial charge in [0.1, 0.15) is 5.75 Å². The van der Waals surface area contributed by atoms with Gasteiger partial charge in [-0.3, -0.25) is 9.36 Å². The van der Waals surface area contributed by atoms with E-state index in [1.807, 2.05) is 42.7 Å². The number of aromatic nitrogens is 3. The first kappa shape index (κ1) is 22.4. The minimum atomic E-state index is -0.0773. The fourth-order valence-electron chi connectivity index (χ4n) is 3.06. The van der Waals surface area contributed by atoms with Gasteiger partial charge in [-0.2, -0.15) is 0 Å². The van der Waals surface area contributed by atoms with Crippen LogP contribution in [0.1, 0.15) is 11.1 Å². The number of hydrogen-bond donors (Lipinski definition) is 1. The number of halogens is 1. The van der Waals surface area contributed by atoms with Crippen molar-refractivity contribution in [2.45, 2.75) is 25.5 Å². The predicted molar refractivity (Wildman–Crippen MR) is 130 cm³/mol. The summed E-state index contributed by atoms with van der Waals surface area (Å²) in [5.74, 6) is 1.67. The van der Waals surface area contributed by atoms with Gasteiger partial charge in [-0.15, -0.1) is 16.8 Å². The zero-order valence-electron chi connectivity index (χ0n) is 17.1. The Bertz CT molecular complexity index is 1040. The van der Waals surface area contributed by atoms with Crippen molar-refractivity contribution >= 4 is 45.9 Å². The lowest BCUT2D eigenvalue weighted by molar-refractivity contribution is -0.113. The fourth-order valence-corrected chi connectivity index (χ4v) is 4.74. The van der Waals surface area contributed by atoms with Gasteiger partial charge in [-0.25, -0.2) is 0 Å². The first-order valence-corrected chi connectivity index (χ1v) is 11.4. The number of ether oxygens (including phenoxy) is 1. The molecule has 0 aliphatic heterocycles. The highest BCUT2D eigenvalue weighted by Gasteiger charge is 2.16. The van der Waals surface area contributed by atoms with E-state index in [9.17, 15) is 4.79 Å². The molecule has 3 aromatic rings. The van der Waals surface area contributed by atoms with E-state index in [1.165, 1.54) is 11.8 Å². The molecule has 0 radical (unpaired) electrons. The molecule has 0 aliphatic carbocycles. The number of amides is 1. The standard InChI is InChI=1S/C22H23IN4O2S/c1-5-10-27-21(16-6-8-18(29-4)9-7-16)25-26-22(27)30-13-19(28)24-20-14(2)11-17(23)12-15(20)3/h5-9,11-12H,1,10,13H2,2-4H3,(H,24,28). The molecule has 0 fully saturated rings. The number of allylic oxidation sites excluding steroid dienone is 1. The highest BCUT2D eigenvalue weighted by molar-refractivity contribution is 14.1. The largest absolute Gasteiger partial charge is 0.497 e. The average Bonchev–Trinajstić information content (AvgIpc) is 3.12. The molecule has 1 aromatic heterocycles. The fraction of sp³-hybridized carbons (Fsp3) is 0.227. The second-order valence-electron chi connectivity index (χ2n) is 6.69. The molecule has 1 N–H and O–H groups in total. The van der Waals surface area contributed by atoms with Crippen molar-refractivity contribution in [1.82, 2.24) is 14.8 Å². The van der Waals surface area contributed by atoms with Crippen LogP contribution in [-0.2, 0) is 11.3 Å². The minimum Gasteiger partial charge on any atom is -0.497 e. The van der Waals surface area contributed by atoms with Gasteiger partial charge in [-0.1, -0.05) is 17.8 Å². The Morgan fingerprint density at radius 2 is 1.90 bits per heavy atom. The van der Waals surface area contributed by atoms with E-state index < -0.39 is 0 Å². The molecule has 1 heterocycles. The van der Waals surface area contributed by atoms with Crippen LogP contribution in [0, 0.1) is 17.4 Å². The Morgan fingerprint density at radius 1 is 1.23 bits per heavy atom. The summed E-state index contributed by atoms with van der Waals surface area (Å²) in [6, 6.07) is 11.7. The Morgan fingerprint density at radius 3 is 2.50 bits per heavy atom. The number of hydrogen-bond acceptors (Lipinski definition) is 5. The van der Waals surface area contributed by atoms with Crippen molar-refractivity contribution in [3.63, 3.8) is 0 Å². The summed E-state index contributed by atoms with van der Waals surface area (Å²) < 4.78 is 8.32. The van der Waals surface area contributed by atoms with Crippen LogP contribution >= 0.6 is 34.4 Å². The van der Waals surface area contributed by atoms with E-state index in [2.05, 4.69) is 56.8 Å². The molecular weight excluding hydrogens is 511 g/mol. The number of nitrogens with one attached hydrogen (secondary N) is 1. The van der Waals surface area contributed by atoms with E-state index in [0.29, 0.717) is 11.7 Å². The number of methoxy groups -OCH3 is 1. The van der Waals surface area contributed by atoms with E-state index in [0.717, 1.165) is 37.5 Å². The number of nitrogens with zero attached hydrogens (tertiary/aromatic N) is 3. The third-order valence-electron chi connectivity index (χ3n) is 4.47. The van der Waals surface area contributed by atoms with Crippen LogP contribution in [0.5, 0.6) is 5.75 Å². The molecule has 1 amide bonds. The van der Waals surface area contributed by atoms with Gasteiger partial charge in [0, 0.05) is 21.4 Å². The topological polar surface area (TPSA) is 69.0 Å². The number of carbonyl (C=O) groups excluding carboxylic acids is 1. The number of aryl methyl sites for hydroxylation is 2. The highest BCUT2D eigenvalue weighted by Crippen LogP contribution is 2.27. The molecule has 0 unspecified atom stereocenters. The van der Waals surface area contributed by atoms with E-state index >= 15 is 0 Å². The lowest BCUT2D eigenvalue weighted by Gasteiger charge is -2.12. The maximum Gasteiger partial charge on any atom is 0.234 e. The van der Waals surface area contributed by atoms with Crippen LogP contribution < -0.4 is 10.1 Å². The second-order valence-corrected chi connectivity index (χ2v) is 8.87. The molecule has 0 aliphatic rings. The van der Waals surface area contributed by atoms with Crippen molar-refractivity contribution in [3.05, 3.63) is 63.8 Å². The van der Waals surface area contributed by atoms with Crippen LogP contribution in [0.2, 0.25) is 0 Å². The van der Waals surface area contributed by atoms with Crippen LogP contribution in [0.15, 0.2) is 54.2 Å². The van der Waals surface area contributed by atoms with Gasteiger partial charge in [0.05, 0.1) is 12.9 Å². The maximum atomic E-state index is 12.6. The van der Waals surface area contributed by atoms with Crippen molar-refractivity contribution in [2.75, 3.05) is 18.2 Å². The molecule has 0 atom stereocenters. The van der Waals surface area contributed by atoms with Gasteiger partial charge in [0.25, 0.3) is 0 Å². The molecule has 0 bridgehead atoms. The highest BCUT2D eigenvalue weighted by atomic mass is 127. The minimum absolute atomic E-state index is 0.0773. The van der Waals surface area contributed by atoms with E-state index in [4.69, 9.17) is 4.74 Å². The zero-order chi connectivity index (χ0) is 21.7. The number of carbonyl (C=O) groups is 1. The van der Waals surface area contributed by atoms with Crippen LogP contribution in [0.4, 0.5) is 5.69 Å². The number of thioether (sulfide) groups is 1. The van der Waals surface area contributed by atoms with Crippen LogP contribution in [0.25, 0.3) is 11.4 Å². The molecule has 3 rings (SSSR count). The van der Waals surface area contributed by atoms with Gasteiger partial charge < -0.3 is 10.1 Å². The van der Waals surface area contributed by atoms with Crippen LogP contribution in [-0.4, -0.2) is 33.5 Å². The molecule has 8 heteroatoms. The summed E-state index contributed by atoms with van der Waals surface area (Å²) >= 11 is 3.63. The quantitative estimate of drug-likeness (QED) is 0.248. The van der Waals surface area contributed by atoms with Crippen molar-refractivity contribution in [2.24, 2.45) is 0 Å². The Labute approximate surface area is 194 Å². The summed E-state index contributed by atoms with van der Waals surface area (Å²) in [5.41, 5.74) is 3.89. The van der Waals surface area contributed by atoms with E-state index in [-0.39, 0.29) is 11.7 Å². The van der Waals surface area contributed by atoms with Crippen molar-refractivity contribution < 1.29 is 9.53 Å². The van der Waals surface area contributed by atoms with Gasteiger partial charge in [0.15, 0.2) is 11.0 Å². The average molecular weight is 534 g/mol. The lowest BCUT2D eigenvalue weighted by Crippen LogP contribution is -2.16. The van der Waals surface area contributed by atoms with Gasteiger partial charge >= 0.3 is 0 Å². The summed E-state index contributed by atoms with van der Waals surface area (Å²) in [4.78, 5) is 12.6. The number of anilines is 1. The molecule has 30 heavy (non-hydrogen) atoms. The Hall–Kier alpha value is -2.33. The van der Waals surface area contributed by atoms with Crippen molar-refractivity contribution in [1.29, 1.82) is 0 Å². The maximum absolute atomic E-state index is 12.6. The summed E-state index contributed by atoms with van der Waals surface area (Å²) in [5, 5.41) is 12.3. The molecule has 6 nitrogen and oxygen atoms in total. The second kappa shape index (κ2) is 10.1. The monoisotopic (exact) mass is 534 g/mol. The summed E-state index contributed by atoms with van der Waals surface area (Å²) in [6.45, 7) is 8.38. The van der Waals surface area contributed by atoms with Gasteiger partial charge in [0.2, 0.25) is 5.91 Å². The smallest absolute Gasteiger partial charge is 0.234 e. The van der Waals surface area contributed by atoms with Crippen LogP contribution in [0.3, 0.4) is 0 Å². The molecule has 156 valence electrons. The predicted octanol–water partition coefficient (Wildman–Crippen LogP) is 5.09. The van der Waals surface area contributed by atoms with Gasteiger partial charge in [-0.05, 0) is 84.0 Å². The number of benzene rings is 2. The summed E-state index contributed by atoms with van der Waals surface area (Å²) in [7, 11) is 1.63. The third-order valence-corrected chi connectivity index (χ3v) is 6.06.